The minimum absolute atomic E-state index is 0.354. The predicted molar refractivity (Wildman–Crippen MR) is 119 cm³/mol. The second-order valence-electron chi connectivity index (χ2n) is 10.9. The van der Waals surface area contributed by atoms with Crippen molar-refractivity contribution in [2.24, 2.45) is 23.2 Å². The van der Waals surface area contributed by atoms with Crippen LogP contribution >= 0.6 is 0 Å². The number of aliphatic hydroxyl groups is 3. The zero-order valence-electron chi connectivity index (χ0n) is 18.9. The zero-order valence-corrected chi connectivity index (χ0v) is 18.9. The van der Waals surface area contributed by atoms with Crippen LogP contribution in [0.5, 0.6) is 0 Å². The summed E-state index contributed by atoms with van der Waals surface area (Å²) in [6.07, 6.45) is 17.2. The van der Waals surface area contributed by atoms with E-state index in [-0.39, 0.29) is 0 Å². The number of hydrogen-bond acceptors (Lipinski definition) is 3. The molecular weight excluding hydrogens is 360 g/mol. The van der Waals surface area contributed by atoms with Gasteiger partial charge in [-0.05, 0) is 94.8 Å². The lowest BCUT2D eigenvalue weighted by molar-refractivity contribution is 0.0609. The van der Waals surface area contributed by atoms with Gasteiger partial charge in [0.05, 0.1) is 17.8 Å². The van der Waals surface area contributed by atoms with E-state index in [0.717, 1.165) is 0 Å². The van der Waals surface area contributed by atoms with E-state index < -0.39 is 17.8 Å². The van der Waals surface area contributed by atoms with Gasteiger partial charge in [-0.15, -0.1) is 0 Å². The van der Waals surface area contributed by atoms with Gasteiger partial charge in [-0.25, -0.2) is 0 Å². The Labute approximate surface area is 177 Å². The van der Waals surface area contributed by atoms with Crippen LogP contribution in [0.1, 0.15) is 85.5 Å². The molecule has 0 aromatic heterocycles. The van der Waals surface area contributed by atoms with Gasteiger partial charge in [-0.3, -0.25) is 0 Å². The van der Waals surface area contributed by atoms with Crippen molar-refractivity contribution >= 4 is 0 Å². The number of hydrogen-bond donors (Lipinski definition) is 3. The molecule has 6 atom stereocenters. The molecule has 3 heteroatoms. The van der Waals surface area contributed by atoms with Crippen LogP contribution in [0.2, 0.25) is 0 Å². The summed E-state index contributed by atoms with van der Waals surface area (Å²) in [4.78, 5) is 0. The van der Waals surface area contributed by atoms with Crippen molar-refractivity contribution in [3.05, 3.63) is 35.5 Å². The summed E-state index contributed by atoms with van der Waals surface area (Å²) < 4.78 is 0. The molecule has 3 fully saturated rings. The standard InChI is InChI=1S/C26H42O3/c1-18(7-5-13-25(2,3)29)23-11-12-24-20(8-6-14-26(23,24)4)10-9-19-15-21(27)17-22(28)16-19/h5,7,9-10,18,21-24,27-29H,6,8,11-17H2,1-4H3/b7-5+,20-10+/t18-,21-,22-,23?,24?,26?/m1/s1. The lowest BCUT2D eigenvalue weighted by Gasteiger charge is -2.44. The van der Waals surface area contributed by atoms with Gasteiger partial charge in [0.15, 0.2) is 0 Å². The summed E-state index contributed by atoms with van der Waals surface area (Å²) in [5.41, 5.74) is 2.49. The van der Waals surface area contributed by atoms with Crippen LogP contribution in [0.15, 0.2) is 35.5 Å². The maximum absolute atomic E-state index is 9.97. The summed E-state index contributed by atoms with van der Waals surface area (Å²) in [5, 5.41) is 29.9. The molecule has 29 heavy (non-hydrogen) atoms. The Morgan fingerprint density at radius 1 is 1.14 bits per heavy atom. The lowest BCUT2D eigenvalue weighted by Crippen LogP contribution is -2.35. The monoisotopic (exact) mass is 402 g/mol. The fraction of sp³-hybridized carbons (Fsp3) is 0.769. The van der Waals surface area contributed by atoms with E-state index in [0.29, 0.717) is 48.9 Å². The van der Waals surface area contributed by atoms with Crippen molar-refractivity contribution in [1.82, 2.24) is 0 Å². The first-order valence-corrected chi connectivity index (χ1v) is 11.7. The molecule has 3 aliphatic carbocycles. The predicted octanol–water partition coefficient (Wildman–Crippen LogP) is 5.31. The summed E-state index contributed by atoms with van der Waals surface area (Å²) in [7, 11) is 0. The fourth-order valence-corrected chi connectivity index (χ4v) is 6.38. The van der Waals surface area contributed by atoms with Crippen LogP contribution in [0.3, 0.4) is 0 Å². The molecule has 0 aromatic rings. The van der Waals surface area contributed by atoms with Crippen LogP contribution in [-0.4, -0.2) is 33.1 Å². The smallest absolute Gasteiger partial charge is 0.0626 e. The van der Waals surface area contributed by atoms with Crippen molar-refractivity contribution in [2.75, 3.05) is 0 Å². The highest BCUT2D eigenvalue weighted by Gasteiger charge is 2.50. The van der Waals surface area contributed by atoms with Gasteiger partial charge in [0.25, 0.3) is 0 Å². The highest BCUT2D eigenvalue weighted by atomic mass is 16.3. The zero-order chi connectivity index (χ0) is 21.2. The molecule has 3 N–H and O–H groups in total. The van der Waals surface area contributed by atoms with E-state index in [9.17, 15) is 15.3 Å². The second-order valence-corrected chi connectivity index (χ2v) is 10.9. The SMILES string of the molecule is C[C@H](/C=C/CC(C)(C)O)C1CCC2/C(=C/C=C3C[C@@H](O)C[C@H](O)C3)CCCC21C. The van der Waals surface area contributed by atoms with E-state index in [4.69, 9.17) is 0 Å². The van der Waals surface area contributed by atoms with Crippen LogP contribution < -0.4 is 0 Å². The van der Waals surface area contributed by atoms with E-state index in [2.05, 4.69) is 38.2 Å². The highest BCUT2D eigenvalue weighted by Crippen LogP contribution is 2.59. The largest absolute Gasteiger partial charge is 0.393 e. The molecule has 0 radical (unpaired) electrons. The fourth-order valence-electron chi connectivity index (χ4n) is 6.38. The van der Waals surface area contributed by atoms with Crippen molar-refractivity contribution in [3.63, 3.8) is 0 Å². The Bertz CT molecular complexity index is 641. The van der Waals surface area contributed by atoms with E-state index >= 15 is 0 Å². The molecule has 0 aromatic carbocycles. The average Bonchev–Trinajstić information content (AvgIpc) is 2.95. The molecule has 3 aliphatic rings. The number of aliphatic hydroxyl groups excluding tert-OH is 2. The molecule has 0 heterocycles. The topological polar surface area (TPSA) is 60.7 Å². The molecule has 3 unspecified atom stereocenters. The van der Waals surface area contributed by atoms with Crippen molar-refractivity contribution in [1.29, 1.82) is 0 Å². The van der Waals surface area contributed by atoms with Crippen molar-refractivity contribution in [3.8, 4) is 0 Å². The van der Waals surface area contributed by atoms with Gasteiger partial charge in [0.2, 0.25) is 0 Å². The minimum Gasteiger partial charge on any atom is -0.393 e. The quantitative estimate of drug-likeness (QED) is 0.546. The van der Waals surface area contributed by atoms with E-state index in [1.54, 1.807) is 5.57 Å². The van der Waals surface area contributed by atoms with Crippen LogP contribution in [0.4, 0.5) is 0 Å². The summed E-state index contributed by atoms with van der Waals surface area (Å²) in [5.74, 6) is 1.88. The molecule has 0 bridgehead atoms. The molecule has 3 saturated carbocycles. The molecule has 0 aliphatic heterocycles. The first-order valence-electron chi connectivity index (χ1n) is 11.7. The number of allylic oxidation sites excluding steroid dienone is 4. The van der Waals surface area contributed by atoms with Gasteiger partial charge >= 0.3 is 0 Å². The van der Waals surface area contributed by atoms with Crippen molar-refractivity contribution < 1.29 is 15.3 Å². The van der Waals surface area contributed by atoms with Gasteiger partial charge in [0, 0.05) is 0 Å². The minimum atomic E-state index is -0.632. The second kappa shape index (κ2) is 9.08. The average molecular weight is 403 g/mol. The lowest BCUT2D eigenvalue weighted by atomic mass is 9.61. The number of rotatable bonds is 5. The first kappa shape index (κ1) is 22.8. The van der Waals surface area contributed by atoms with Gasteiger partial charge < -0.3 is 15.3 Å². The van der Waals surface area contributed by atoms with Gasteiger partial charge in [-0.2, -0.15) is 0 Å². The molecule has 3 rings (SSSR count). The molecule has 0 saturated heterocycles. The maximum Gasteiger partial charge on any atom is 0.0626 e. The van der Waals surface area contributed by atoms with Crippen LogP contribution in [0.25, 0.3) is 0 Å². The van der Waals surface area contributed by atoms with Crippen molar-refractivity contribution in [2.45, 2.75) is 103 Å². The molecule has 0 spiro atoms. The normalized spacial score (nSPS) is 38.4. The van der Waals surface area contributed by atoms with Crippen LogP contribution in [0, 0.1) is 23.2 Å². The molecule has 3 nitrogen and oxygen atoms in total. The molecule has 0 amide bonds. The first-order chi connectivity index (χ1) is 13.6. The van der Waals surface area contributed by atoms with E-state index in [1.165, 1.54) is 37.7 Å². The van der Waals surface area contributed by atoms with Crippen LogP contribution in [-0.2, 0) is 0 Å². The Hall–Kier alpha value is -0.900. The third-order valence-corrected chi connectivity index (χ3v) is 7.80. The number of fused-ring (bicyclic) bond motifs is 1. The van der Waals surface area contributed by atoms with Gasteiger partial charge in [0.1, 0.15) is 0 Å². The van der Waals surface area contributed by atoms with E-state index in [1.807, 2.05) is 13.8 Å². The third kappa shape index (κ3) is 5.62. The Morgan fingerprint density at radius 3 is 2.48 bits per heavy atom. The highest BCUT2D eigenvalue weighted by molar-refractivity contribution is 5.26. The molecular formula is C26H42O3. The summed E-state index contributed by atoms with van der Waals surface area (Å²) in [6.45, 7) is 8.59. The van der Waals surface area contributed by atoms with Gasteiger partial charge in [-0.1, -0.05) is 49.3 Å². The summed E-state index contributed by atoms with van der Waals surface area (Å²) >= 11 is 0. The Morgan fingerprint density at radius 2 is 1.83 bits per heavy atom. The Balaban J connectivity index is 1.71. The summed E-state index contributed by atoms with van der Waals surface area (Å²) in [6, 6.07) is 0. The molecule has 164 valence electrons. The Kier molecular flexibility index (Phi) is 7.13. The maximum atomic E-state index is 9.97. The third-order valence-electron chi connectivity index (χ3n) is 7.80.